The Bertz CT molecular complexity index is 749. The maximum Gasteiger partial charge on any atom is 0.524 e. The molecule has 136 valence electrons. The average molecular weight is 366 g/mol. The summed E-state index contributed by atoms with van der Waals surface area (Å²) in [7, 11) is -2.97. The summed E-state index contributed by atoms with van der Waals surface area (Å²) in [6, 6.07) is 6.67. The SMILES string of the molecule is COC(=C1C2CC3CC1CC(O)(C3)C2)c1cccc(OP(=O)(O)O)c1. The molecule has 7 heteroatoms. The van der Waals surface area contributed by atoms with Gasteiger partial charge >= 0.3 is 7.82 Å². The van der Waals surface area contributed by atoms with Crippen LogP contribution in [0.1, 0.15) is 37.7 Å². The Labute approximate surface area is 146 Å². The second kappa shape index (κ2) is 5.85. The Kier molecular flexibility index (Phi) is 4.00. The predicted molar refractivity (Wildman–Crippen MR) is 91.5 cm³/mol. The van der Waals surface area contributed by atoms with Crippen molar-refractivity contribution in [1.29, 1.82) is 0 Å². The van der Waals surface area contributed by atoms with E-state index in [0.29, 0.717) is 17.8 Å². The van der Waals surface area contributed by atoms with Gasteiger partial charge in [-0.1, -0.05) is 12.1 Å². The van der Waals surface area contributed by atoms with Gasteiger partial charge in [-0.3, -0.25) is 9.79 Å². The van der Waals surface area contributed by atoms with Gasteiger partial charge in [0.1, 0.15) is 11.5 Å². The van der Waals surface area contributed by atoms with Crippen LogP contribution < -0.4 is 4.52 Å². The van der Waals surface area contributed by atoms with Crippen LogP contribution in [-0.2, 0) is 9.30 Å². The van der Waals surface area contributed by atoms with E-state index in [2.05, 4.69) is 0 Å². The van der Waals surface area contributed by atoms with Crippen molar-refractivity contribution in [2.45, 2.75) is 37.7 Å². The number of methoxy groups -OCH3 is 1. The average Bonchev–Trinajstić information content (AvgIpc) is 2.47. The molecule has 4 saturated carbocycles. The Morgan fingerprint density at radius 1 is 1.20 bits per heavy atom. The van der Waals surface area contributed by atoms with Crippen LogP contribution in [0.4, 0.5) is 0 Å². The molecule has 4 bridgehead atoms. The molecule has 4 aliphatic rings. The first-order chi connectivity index (χ1) is 11.8. The molecule has 0 saturated heterocycles. The number of benzene rings is 1. The maximum atomic E-state index is 11.1. The van der Waals surface area contributed by atoms with E-state index in [1.165, 1.54) is 11.6 Å². The van der Waals surface area contributed by atoms with E-state index in [1.807, 2.05) is 6.07 Å². The van der Waals surface area contributed by atoms with Gasteiger partial charge in [0.25, 0.3) is 0 Å². The number of hydrogen-bond acceptors (Lipinski definition) is 4. The Morgan fingerprint density at radius 2 is 1.88 bits per heavy atom. The van der Waals surface area contributed by atoms with Crippen molar-refractivity contribution in [2.24, 2.45) is 17.8 Å². The fourth-order valence-corrected chi connectivity index (χ4v) is 5.74. The third-order valence-electron chi connectivity index (χ3n) is 5.82. The van der Waals surface area contributed by atoms with Crippen molar-refractivity contribution in [3.05, 3.63) is 35.4 Å². The van der Waals surface area contributed by atoms with Gasteiger partial charge < -0.3 is 14.4 Å². The van der Waals surface area contributed by atoms with E-state index in [-0.39, 0.29) is 5.75 Å². The monoisotopic (exact) mass is 366 g/mol. The van der Waals surface area contributed by atoms with Gasteiger partial charge in [0.05, 0.1) is 12.7 Å². The van der Waals surface area contributed by atoms with E-state index < -0.39 is 13.4 Å². The fraction of sp³-hybridized carbons (Fsp3) is 0.556. The molecule has 4 fully saturated rings. The van der Waals surface area contributed by atoms with Gasteiger partial charge in [0.2, 0.25) is 0 Å². The van der Waals surface area contributed by atoms with Crippen LogP contribution in [0.3, 0.4) is 0 Å². The van der Waals surface area contributed by atoms with Crippen LogP contribution in [0.5, 0.6) is 5.75 Å². The van der Waals surface area contributed by atoms with E-state index in [0.717, 1.165) is 43.4 Å². The van der Waals surface area contributed by atoms with Crippen LogP contribution in [0, 0.1) is 17.8 Å². The molecule has 0 aliphatic heterocycles. The number of phosphoric acid groups is 1. The van der Waals surface area contributed by atoms with Gasteiger partial charge in [-0.25, -0.2) is 4.57 Å². The Morgan fingerprint density at radius 3 is 2.44 bits per heavy atom. The highest BCUT2D eigenvalue weighted by atomic mass is 31.2. The number of ether oxygens (including phenoxy) is 1. The molecular weight excluding hydrogens is 343 g/mol. The van der Waals surface area contributed by atoms with Gasteiger partial charge in [-0.05, 0) is 67.6 Å². The van der Waals surface area contributed by atoms with Crippen molar-refractivity contribution in [2.75, 3.05) is 7.11 Å². The third kappa shape index (κ3) is 3.24. The van der Waals surface area contributed by atoms with Gasteiger partial charge in [0.15, 0.2) is 0 Å². The lowest BCUT2D eigenvalue weighted by Gasteiger charge is -2.55. The summed E-state index contributed by atoms with van der Waals surface area (Å²) >= 11 is 0. The van der Waals surface area contributed by atoms with E-state index in [4.69, 9.17) is 19.0 Å². The predicted octanol–water partition coefficient (Wildman–Crippen LogP) is 3.09. The molecule has 3 N–H and O–H groups in total. The Balaban J connectivity index is 1.72. The summed E-state index contributed by atoms with van der Waals surface area (Å²) in [4.78, 5) is 18.0. The summed E-state index contributed by atoms with van der Waals surface area (Å²) in [6.45, 7) is 0. The zero-order valence-electron chi connectivity index (χ0n) is 14.1. The van der Waals surface area contributed by atoms with Crippen LogP contribution in [-0.4, -0.2) is 27.6 Å². The first-order valence-electron chi connectivity index (χ1n) is 8.62. The van der Waals surface area contributed by atoms with Crippen LogP contribution >= 0.6 is 7.82 Å². The fourth-order valence-electron chi connectivity index (χ4n) is 5.35. The first kappa shape index (κ1) is 17.1. The molecule has 1 aromatic carbocycles. The van der Waals surface area contributed by atoms with Crippen molar-refractivity contribution >= 4 is 13.6 Å². The molecular formula is C18H23O6P. The van der Waals surface area contributed by atoms with Crippen molar-refractivity contribution < 1.29 is 28.7 Å². The largest absolute Gasteiger partial charge is 0.524 e. The molecule has 0 spiro atoms. The molecule has 1 aromatic rings. The van der Waals surface area contributed by atoms with Gasteiger partial charge in [-0.2, -0.15) is 0 Å². The normalized spacial score (nSPS) is 33.4. The van der Waals surface area contributed by atoms with E-state index in [1.54, 1.807) is 19.2 Å². The summed E-state index contributed by atoms with van der Waals surface area (Å²) in [5, 5.41) is 10.7. The molecule has 6 nitrogen and oxygen atoms in total. The molecule has 5 rings (SSSR count). The van der Waals surface area contributed by atoms with Crippen LogP contribution in [0.15, 0.2) is 29.8 Å². The van der Waals surface area contributed by atoms with Crippen molar-refractivity contribution in [3.8, 4) is 5.75 Å². The number of hydrogen-bond donors (Lipinski definition) is 3. The van der Waals surface area contributed by atoms with Gasteiger partial charge in [-0.15, -0.1) is 0 Å². The quantitative estimate of drug-likeness (QED) is 0.560. The minimum atomic E-state index is -4.60. The smallest absolute Gasteiger partial charge is 0.496 e. The van der Waals surface area contributed by atoms with E-state index in [9.17, 15) is 9.67 Å². The lowest BCUT2D eigenvalue weighted by atomic mass is 9.52. The molecule has 0 aromatic heterocycles. The standard InChI is InChI=1S/C18H23O6P/c1-23-17(12-3-2-4-15(7-12)24-25(20,21)22)16-13-5-11-6-14(16)10-18(19,8-11)9-13/h2-4,7,11,13-14,19H,5-6,8-10H2,1H3,(H2,20,21,22). The van der Waals surface area contributed by atoms with Crippen molar-refractivity contribution in [1.82, 2.24) is 0 Å². The molecule has 25 heavy (non-hydrogen) atoms. The first-order valence-corrected chi connectivity index (χ1v) is 10.2. The summed E-state index contributed by atoms with van der Waals surface area (Å²) in [6.07, 6.45) is 4.64. The maximum absolute atomic E-state index is 11.1. The molecule has 0 radical (unpaired) electrons. The minimum Gasteiger partial charge on any atom is -0.496 e. The van der Waals surface area contributed by atoms with E-state index >= 15 is 0 Å². The summed E-state index contributed by atoms with van der Waals surface area (Å²) in [5.74, 6) is 2.10. The lowest BCUT2D eigenvalue weighted by Crippen LogP contribution is -2.51. The topological polar surface area (TPSA) is 96.2 Å². The van der Waals surface area contributed by atoms with Crippen molar-refractivity contribution in [3.63, 3.8) is 0 Å². The second-order valence-corrected chi connectivity index (χ2v) is 8.83. The second-order valence-electron chi connectivity index (χ2n) is 7.67. The Hall–Kier alpha value is -1.33. The number of allylic oxidation sites excluding steroid dienone is 1. The minimum absolute atomic E-state index is 0.114. The molecule has 4 aliphatic carbocycles. The van der Waals surface area contributed by atoms with Gasteiger partial charge in [0, 0.05) is 5.56 Å². The number of aliphatic hydroxyl groups is 1. The molecule has 0 amide bonds. The number of phosphoric ester groups is 1. The zero-order valence-corrected chi connectivity index (χ0v) is 15.0. The number of rotatable bonds is 4. The van der Waals surface area contributed by atoms with Crippen LogP contribution in [0.2, 0.25) is 0 Å². The summed E-state index contributed by atoms with van der Waals surface area (Å²) < 4.78 is 21.5. The molecule has 2 unspecified atom stereocenters. The van der Waals surface area contributed by atoms with Crippen LogP contribution in [0.25, 0.3) is 5.76 Å². The third-order valence-corrected chi connectivity index (χ3v) is 6.27. The zero-order chi connectivity index (χ0) is 17.8. The highest BCUT2D eigenvalue weighted by Crippen LogP contribution is 2.59. The molecule has 0 heterocycles. The highest BCUT2D eigenvalue weighted by molar-refractivity contribution is 7.46. The lowest BCUT2D eigenvalue weighted by molar-refractivity contribution is -0.100. The summed E-state index contributed by atoms with van der Waals surface area (Å²) in [5.41, 5.74) is 1.48. The highest BCUT2D eigenvalue weighted by Gasteiger charge is 2.53. The molecule has 2 atom stereocenters.